The van der Waals surface area contributed by atoms with Crippen LogP contribution in [0.25, 0.3) is 5.57 Å². The Kier molecular flexibility index (Phi) is 6.80. The Morgan fingerprint density at radius 2 is 2.08 bits per heavy atom. The van der Waals surface area contributed by atoms with Crippen molar-refractivity contribution in [2.45, 2.75) is 37.5 Å². The fraction of sp³-hybridized carbons (Fsp3) is 0.345. The van der Waals surface area contributed by atoms with Crippen LogP contribution in [0.15, 0.2) is 61.4 Å². The van der Waals surface area contributed by atoms with Gasteiger partial charge in [0.05, 0.1) is 44.2 Å². The number of carbonyl (C=O) groups is 1. The minimum absolute atomic E-state index is 0.161. The molecular formula is C29H32N6O4. The molecule has 3 saturated heterocycles. The highest BCUT2D eigenvalue weighted by Crippen LogP contribution is 2.42. The molecule has 3 atom stereocenters. The average Bonchev–Trinajstić information content (AvgIpc) is 3.71. The summed E-state index contributed by atoms with van der Waals surface area (Å²) >= 11 is 0. The molecule has 3 fully saturated rings. The van der Waals surface area contributed by atoms with Gasteiger partial charge >= 0.3 is 0 Å². The summed E-state index contributed by atoms with van der Waals surface area (Å²) in [6, 6.07) is 16.4. The third-order valence-corrected chi connectivity index (χ3v) is 7.62. The Balaban J connectivity index is 1.29. The lowest BCUT2D eigenvalue weighted by molar-refractivity contribution is -0.112. The number of benzene rings is 2. The van der Waals surface area contributed by atoms with Crippen LogP contribution in [0.4, 0.5) is 23.0 Å². The first kappa shape index (κ1) is 25.1. The van der Waals surface area contributed by atoms with Gasteiger partial charge in [-0.15, -0.1) is 0 Å². The van der Waals surface area contributed by atoms with Crippen molar-refractivity contribution in [2.75, 3.05) is 42.1 Å². The maximum atomic E-state index is 12.2. The molecule has 4 heterocycles. The number of morpholine rings is 1. The van der Waals surface area contributed by atoms with Crippen molar-refractivity contribution in [1.29, 1.82) is 0 Å². The zero-order valence-electron chi connectivity index (χ0n) is 21.9. The van der Waals surface area contributed by atoms with Crippen molar-refractivity contribution in [3.63, 3.8) is 0 Å². The van der Waals surface area contributed by atoms with Crippen LogP contribution in [0, 0.1) is 0 Å². The summed E-state index contributed by atoms with van der Waals surface area (Å²) in [7, 11) is 1.61. The number of fused-ring (bicyclic) bond motifs is 2. The summed E-state index contributed by atoms with van der Waals surface area (Å²) < 4.78 is 11.5. The lowest BCUT2D eigenvalue weighted by Crippen LogP contribution is -2.37. The Hall–Kier alpha value is -4.15. The molecule has 39 heavy (non-hydrogen) atoms. The Morgan fingerprint density at radius 1 is 1.23 bits per heavy atom. The number of methoxy groups -OCH3 is 1. The number of aromatic nitrogens is 2. The second kappa shape index (κ2) is 10.5. The molecule has 3 N–H and O–H groups in total. The van der Waals surface area contributed by atoms with Gasteiger partial charge in [0.1, 0.15) is 17.9 Å². The SMILES string of the molecule is C=C(C(N)=O)c1cc(Nc2cc(N3OCC[C@@H]3Cc3ccccc3)ncn2)c(OC)cc1N1C[C@@H]2C[C@H]1CO2. The van der Waals surface area contributed by atoms with Crippen molar-refractivity contribution >= 4 is 34.5 Å². The first-order valence-electron chi connectivity index (χ1n) is 13.1. The number of nitrogens with one attached hydrogen (secondary N) is 1. The van der Waals surface area contributed by atoms with E-state index in [1.807, 2.05) is 41.5 Å². The molecule has 2 bridgehead atoms. The molecule has 3 aliphatic heterocycles. The van der Waals surface area contributed by atoms with Crippen LogP contribution in [0.5, 0.6) is 5.75 Å². The number of hydrogen-bond donors (Lipinski definition) is 2. The smallest absolute Gasteiger partial charge is 0.248 e. The number of rotatable bonds is 9. The fourth-order valence-corrected chi connectivity index (χ4v) is 5.65. The zero-order valence-corrected chi connectivity index (χ0v) is 21.9. The van der Waals surface area contributed by atoms with E-state index < -0.39 is 5.91 Å². The third kappa shape index (κ3) is 5.00. The molecule has 0 radical (unpaired) electrons. The van der Waals surface area contributed by atoms with Gasteiger partial charge in [0.15, 0.2) is 5.82 Å². The van der Waals surface area contributed by atoms with Crippen LogP contribution in [0.1, 0.15) is 24.0 Å². The summed E-state index contributed by atoms with van der Waals surface area (Å²) in [5.41, 5.74) is 9.29. The van der Waals surface area contributed by atoms with Gasteiger partial charge in [-0.25, -0.2) is 15.0 Å². The van der Waals surface area contributed by atoms with E-state index in [-0.39, 0.29) is 23.8 Å². The number of anilines is 4. The number of hydrogen-bond acceptors (Lipinski definition) is 9. The number of nitrogens with two attached hydrogens (primary N) is 1. The molecule has 6 rings (SSSR count). The maximum Gasteiger partial charge on any atom is 0.248 e. The van der Waals surface area contributed by atoms with E-state index >= 15 is 0 Å². The topological polar surface area (TPSA) is 115 Å². The minimum atomic E-state index is -0.576. The number of carbonyl (C=O) groups excluding carboxylic acids is 1. The number of amides is 1. The molecule has 1 amide bonds. The van der Waals surface area contributed by atoms with E-state index in [1.54, 1.807) is 7.11 Å². The van der Waals surface area contributed by atoms with E-state index in [0.29, 0.717) is 41.8 Å². The lowest BCUT2D eigenvalue weighted by Gasteiger charge is -2.31. The van der Waals surface area contributed by atoms with Crippen LogP contribution >= 0.6 is 0 Å². The van der Waals surface area contributed by atoms with E-state index in [4.69, 9.17) is 20.0 Å². The van der Waals surface area contributed by atoms with E-state index in [9.17, 15) is 4.79 Å². The van der Waals surface area contributed by atoms with Crippen LogP contribution in [-0.4, -0.2) is 60.9 Å². The first-order chi connectivity index (χ1) is 19.0. The molecule has 1 aromatic heterocycles. The molecule has 0 unspecified atom stereocenters. The summed E-state index contributed by atoms with van der Waals surface area (Å²) in [6.07, 6.45) is 4.40. The molecule has 202 valence electrons. The normalized spacial score (nSPS) is 21.8. The first-order valence-corrected chi connectivity index (χ1v) is 13.1. The maximum absolute atomic E-state index is 12.2. The van der Waals surface area contributed by atoms with Gasteiger partial charge in [-0.3, -0.25) is 9.63 Å². The van der Waals surface area contributed by atoms with Crippen molar-refractivity contribution in [3.8, 4) is 5.75 Å². The van der Waals surface area contributed by atoms with Gasteiger partial charge in [0.25, 0.3) is 0 Å². The predicted octanol–water partition coefficient (Wildman–Crippen LogP) is 3.46. The molecule has 10 heteroatoms. The molecule has 0 spiro atoms. The highest BCUT2D eigenvalue weighted by molar-refractivity contribution is 6.19. The van der Waals surface area contributed by atoms with Crippen LogP contribution in [0.3, 0.4) is 0 Å². The third-order valence-electron chi connectivity index (χ3n) is 7.62. The van der Waals surface area contributed by atoms with Crippen molar-refractivity contribution in [1.82, 2.24) is 9.97 Å². The van der Waals surface area contributed by atoms with E-state index in [2.05, 4.69) is 38.9 Å². The number of primary amides is 1. The Bertz CT molecular complexity index is 1380. The number of ether oxygens (including phenoxy) is 2. The molecule has 10 nitrogen and oxygen atoms in total. The summed E-state index contributed by atoms with van der Waals surface area (Å²) in [6.45, 7) is 6.01. The van der Waals surface area contributed by atoms with Crippen LogP contribution in [-0.2, 0) is 20.8 Å². The second-order valence-electron chi connectivity index (χ2n) is 10.1. The van der Waals surface area contributed by atoms with Gasteiger partial charge < -0.3 is 25.4 Å². The Labute approximate surface area is 227 Å². The highest BCUT2D eigenvalue weighted by Gasteiger charge is 2.40. The molecular weight excluding hydrogens is 496 g/mol. The summed E-state index contributed by atoms with van der Waals surface area (Å²) in [5, 5.41) is 5.21. The minimum Gasteiger partial charge on any atom is -0.494 e. The number of hydroxylamine groups is 1. The monoisotopic (exact) mass is 528 g/mol. The molecule has 3 aliphatic rings. The molecule has 0 saturated carbocycles. The highest BCUT2D eigenvalue weighted by atomic mass is 16.7. The second-order valence-corrected chi connectivity index (χ2v) is 10.1. The van der Waals surface area contributed by atoms with Crippen LogP contribution < -0.4 is 25.8 Å². The standard InChI is InChI=1S/C29H32N6O4/c1-18(29(30)36)23-12-24(26(37-2)13-25(23)34-15-22-11-21(34)16-38-22)33-27-14-28(32-17-31-27)35-20(8-9-39-35)10-19-6-4-3-5-7-19/h3-7,12-14,17,20-22H,1,8-11,15-16H2,2H3,(H2,30,36)(H,31,32,33)/t20-,21+,22+/m1/s1. The largest absolute Gasteiger partial charge is 0.494 e. The average molecular weight is 529 g/mol. The fourth-order valence-electron chi connectivity index (χ4n) is 5.65. The molecule has 0 aliphatic carbocycles. The number of nitrogens with zero attached hydrogens (tertiary/aromatic N) is 4. The van der Waals surface area contributed by atoms with Gasteiger partial charge in [0, 0.05) is 35.5 Å². The molecule has 3 aromatic rings. The summed E-state index contributed by atoms with van der Waals surface area (Å²) in [4.78, 5) is 29.3. The quantitative estimate of drug-likeness (QED) is 0.403. The molecule has 2 aromatic carbocycles. The predicted molar refractivity (Wildman–Crippen MR) is 149 cm³/mol. The van der Waals surface area contributed by atoms with Gasteiger partial charge in [-0.2, -0.15) is 0 Å². The van der Waals surface area contributed by atoms with Crippen LogP contribution in [0.2, 0.25) is 0 Å². The van der Waals surface area contributed by atoms with Crippen molar-refractivity contribution in [2.24, 2.45) is 5.73 Å². The lowest BCUT2D eigenvalue weighted by atomic mass is 10.0. The van der Waals surface area contributed by atoms with Gasteiger partial charge in [-0.05, 0) is 30.9 Å². The van der Waals surface area contributed by atoms with Gasteiger partial charge in [0.2, 0.25) is 5.91 Å². The van der Waals surface area contributed by atoms with Gasteiger partial charge in [-0.1, -0.05) is 36.9 Å². The van der Waals surface area contributed by atoms with Crippen molar-refractivity contribution < 1.29 is 19.1 Å². The van der Waals surface area contributed by atoms with Crippen molar-refractivity contribution in [3.05, 3.63) is 72.6 Å². The summed E-state index contributed by atoms with van der Waals surface area (Å²) in [5.74, 6) is 1.25. The Morgan fingerprint density at radius 3 is 2.79 bits per heavy atom. The van der Waals surface area contributed by atoms with E-state index in [1.165, 1.54) is 11.9 Å². The zero-order chi connectivity index (χ0) is 26.9. The van der Waals surface area contributed by atoms with E-state index in [0.717, 1.165) is 31.5 Å².